The number of nitrogens with zero attached hydrogens (tertiary/aromatic N) is 2. The first kappa shape index (κ1) is 9.96. The van der Waals surface area contributed by atoms with E-state index in [0.717, 1.165) is 0 Å². The third-order valence-electron chi connectivity index (χ3n) is 2.59. The van der Waals surface area contributed by atoms with Crippen molar-refractivity contribution in [2.24, 2.45) is 0 Å². The standard InChI is InChI=1S/C13H8F2N2/c14-10-6-4-9(5-7-10)12-13(15)17-8-2-1-3-11(17)16-12/h1-8H. The maximum atomic E-state index is 14.0. The predicted molar refractivity (Wildman–Crippen MR) is 60.5 cm³/mol. The van der Waals surface area contributed by atoms with Crippen LogP contribution >= 0.6 is 0 Å². The van der Waals surface area contributed by atoms with E-state index in [1.807, 2.05) is 0 Å². The second kappa shape index (κ2) is 3.66. The van der Waals surface area contributed by atoms with E-state index in [2.05, 4.69) is 4.98 Å². The van der Waals surface area contributed by atoms with Crippen LogP contribution in [0.2, 0.25) is 0 Å². The third-order valence-corrected chi connectivity index (χ3v) is 2.59. The molecular formula is C13H8F2N2. The van der Waals surface area contributed by atoms with Crippen LogP contribution in [0.3, 0.4) is 0 Å². The van der Waals surface area contributed by atoms with Crippen molar-refractivity contribution in [3.05, 3.63) is 60.4 Å². The van der Waals surface area contributed by atoms with Crippen LogP contribution in [0, 0.1) is 11.8 Å². The SMILES string of the molecule is Fc1ccc(-c2nc3ccccn3c2F)cc1. The lowest BCUT2D eigenvalue weighted by Crippen LogP contribution is -1.87. The number of hydrogen-bond donors (Lipinski definition) is 0. The van der Waals surface area contributed by atoms with Crippen LogP contribution < -0.4 is 0 Å². The molecule has 2 heterocycles. The number of fused-ring (bicyclic) bond motifs is 1. The zero-order chi connectivity index (χ0) is 11.8. The van der Waals surface area contributed by atoms with Crippen molar-refractivity contribution in [3.8, 4) is 11.3 Å². The Morgan fingerprint density at radius 3 is 2.41 bits per heavy atom. The molecule has 0 amide bonds. The Kier molecular flexibility index (Phi) is 2.14. The molecule has 4 heteroatoms. The van der Waals surface area contributed by atoms with Crippen molar-refractivity contribution < 1.29 is 8.78 Å². The fourth-order valence-electron chi connectivity index (χ4n) is 1.76. The van der Waals surface area contributed by atoms with Crippen LogP contribution in [-0.4, -0.2) is 9.38 Å². The van der Waals surface area contributed by atoms with E-state index in [9.17, 15) is 8.78 Å². The van der Waals surface area contributed by atoms with Gasteiger partial charge in [-0.1, -0.05) is 6.07 Å². The molecular weight excluding hydrogens is 222 g/mol. The summed E-state index contributed by atoms with van der Waals surface area (Å²) >= 11 is 0. The average Bonchev–Trinajstić information content (AvgIpc) is 2.69. The Labute approximate surface area is 96.2 Å². The summed E-state index contributed by atoms with van der Waals surface area (Å²) in [4.78, 5) is 4.18. The van der Waals surface area contributed by atoms with Gasteiger partial charge in [0, 0.05) is 11.8 Å². The molecule has 3 aromatic rings. The number of hydrogen-bond acceptors (Lipinski definition) is 1. The lowest BCUT2D eigenvalue weighted by atomic mass is 10.2. The number of rotatable bonds is 1. The van der Waals surface area contributed by atoms with Gasteiger partial charge in [-0.3, -0.25) is 4.40 Å². The molecule has 17 heavy (non-hydrogen) atoms. The Hall–Kier alpha value is -2.23. The molecule has 2 aromatic heterocycles. The molecule has 0 spiro atoms. The fourth-order valence-corrected chi connectivity index (χ4v) is 1.76. The first-order valence-electron chi connectivity index (χ1n) is 5.14. The molecule has 1 aromatic carbocycles. The number of imidazole rings is 1. The van der Waals surface area contributed by atoms with Gasteiger partial charge < -0.3 is 0 Å². The maximum Gasteiger partial charge on any atom is 0.225 e. The van der Waals surface area contributed by atoms with Crippen molar-refractivity contribution in [1.82, 2.24) is 9.38 Å². The summed E-state index contributed by atoms with van der Waals surface area (Å²) in [7, 11) is 0. The second-order valence-corrected chi connectivity index (χ2v) is 3.69. The average molecular weight is 230 g/mol. The van der Waals surface area contributed by atoms with Crippen LogP contribution in [0.5, 0.6) is 0 Å². The van der Waals surface area contributed by atoms with Crippen LogP contribution in [0.15, 0.2) is 48.7 Å². The molecule has 0 aliphatic heterocycles. The molecule has 84 valence electrons. The van der Waals surface area contributed by atoms with Gasteiger partial charge in [-0.15, -0.1) is 0 Å². The molecule has 0 atom stereocenters. The zero-order valence-corrected chi connectivity index (χ0v) is 8.77. The van der Waals surface area contributed by atoms with E-state index >= 15 is 0 Å². The van der Waals surface area contributed by atoms with E-state index in [-0.39, 0.29) is 11.5 Å². The number of aromatic nitrogens is 2. The molecule has 0 bridgehead atoms. The van der Waals surface area contributed by atoms with E-state index in [4.69, 9.17) is 0 Å². The quantitative estimate of drug-likeness (QED) is 0.627. The lowest BCUT2D eigenvalue weighted by molar-refractivity contribution is 0.576. The van der Waals surface area contributed by atoms with Gasteiger partial charge in [-0.05, 0) is 36.4 Å². The molecule has 0 N–H and O–H groups in total. The Balaban J connectivity index is 2.24. The van der Waals surface area contributed by atoms with Crippen molar-refractivity contribution in [2.45, 2.75) is 0 Å². The highest BCUT2D eigenvalue weighted by atomic mass is 19.1. The highest BCUT2D eigenvalue weighted by Crippen LogP contribution is 2.23. The smallest absolute Gasteiger partial charge is 0.225 e. The van der Waals surface area contributed by atoms with Gasteiger partial charge in [0.25, 0.3) is 0 Å². The van der Waals surface area contributed by atoms with Crippen molar-refractivity contribution in [3.63, 3.8) is 0 Å². The van der Waals surface area contributed by atoms with Gasteiger partial charge in [-0.25, -0.2) is 9.37 Å². The monoisotopic (exact) mass is 230 g/mol. The molecule has 0 saturated carbocycles. The minimum absolute atomic E-state index is 0.233. The largest absolute Gasteiger partial charge is 0.276 e. The highest BCUT2D eigenvalue weighted by Gasteiger charge is 2.12. The summed E-state index contributed by atoms with van der Waals surface area (Å²) < 4.78 is 28.2. The summed E-state index contributed by atoms with van der Waals surface area (Å²) in [6.45, 7) is 0. The number of halogens is 2. The summed E-state index contributed by atoms with van der Waals surface area (Å²) in [5.41, 5.74) is 1.33. The zero-order valence-electron chi connectivity index (χ0n) is 8.77. The molecule has 0 saturated heterocycles. The minimum atomic E-state index is -0.438. The first-order chi connectivity index (χ1) is 8.25. The van der Waals surface area contributed by atoms with E-state index in [1.165, 1.54) is 28.7 Å². The Morgan fingerprint density at radius 2 is 1.71 bits per heavy atom. The molecule has 0 aliphatic carbocycles. The van der Waals surface area contributed by atoms with Crippen molar-refractivity contribution in [2.75, 3.05) is 0 Å². The molecule has 0 aliphatic rings. The normalized spacial score (nSPS) is 10.9. The minimum Gasteiger partial charge on any atom is -0.276 e. The van der Waals surface area contributed by atoms with Gasteiger partial charge in [0.2, 0.25) is 5.95 Å². The predicted octanol–water partition coefficient (Wildman–Crippen LogP) is 3.28. The van der Waals surface area contributed by atoms with Gasteiger partial charge in [0.15, 0.2) is 0 Å². The number of benzene rings is 1. The fraction of sp³-hybridized carbons (Fsp3) is 0. The molecule has 0 fully saturated rings. The summed E-state index contributed by atoms with van der Waals surface area (Å²) in [6.07, 6.45) is 1.60. The van der Waals surface area contributed by atoms with Crippen LogP contribution in [0.25, 0.3) is 16.9 Å². The van der Waals surface area contributed by atoms with Gasteiger partial charge >= 0.3 is 0 Å². The highest BCUT2D eigenvalue weighted by molar-refractivity contribution is 5.63. The lowest BCUT2D eigenvalue weighted by Gasteiger charge is -1.96. The topological polar surface area (TPSA) is 17.3 Å². The molecule has 0 radical (unpaired) electrons. The summed E-state index contributed by atoms with van der Waals surface area (Å²) in [5.74, 6) is -0.787. The maximum absolute atomic E-state index is 14.0. The van der Waals surface area contributed by atoms with Gasteiger partial charge in [0.05, 0.1) is 0 Å². The van der Waals surface area contributed by atoms with E-state index in [0.29, 0.717) is 11.2 Å². The summed E-state index contributed by atoms with van der Waals surface area (Å²) in [6, 6.07) is 10.8. The molecule has 0 unspecified atom stereocenters. The molecule has 3 rings (SSSR count). The Bertz CT molecular complexity index is 671. The van der Waals surface area contributed by atoms with E-state index < -0.39 is 5.95 Å². The van der Waals surface area contributed by atoms with Crippen LogP contribution in [0.4, 0.5) is 8.78 Å². The van der Waals surface area contributed by atoms with Gasteiger partial charge in [0.1, 0.15) is 17.2 Å². The number of pyridine rings is 1. The third kappa shape index (κ3) is 1.58. The molecule has 2 nitrogen and oxygen atoms in total. The second-order valence-electron chi connectivity index (χ2n) is 3.69. The Morgan fingerprint density at radius 1 is 0.941 bits per heavy atom. The van der Waals surface area contributed by atoms with Crippen LogP contribution in [-0.2, 0) is 0 Å². The van der Waals surface area contributed by atoms with Crippen molar-refractivity contribution in [1.29, 1.82) is 0 Å². The summed E-state index contributed by atoms with van der Waals surface area (Å²) in [5, 5.41) is 0. The van der Waals surface area contributed by atoms with Gasteiger partial charge in [-0.2, -0.15) is 4.39 Å². The van der Waals surface area contributed by atoms with Crippen molar-refractivity contribution >= 4 is 5.65 Å². The van der Waals surface area contributed by atoms with E-state index in [1.54, 1.807) is 24.4 Å². The first-order valence-corrected chi connectivity index (χ1v) is 5.14. The van der Waals surface area contributed by atoms with Crippen LogP contribution in [0.1, 0.15) is 0 Å².